The molecule has 1 aromatic carbocycles. The molecule has 110 valence electrons. The van der Waals surface area contributed by atoms with E-state index in [0.717, 1.165) is 10.0 Å². The summed E-state index contributed by atoms with van der Waals surface area (Å²) in [4.78, 5) is 14.1. The van der Waals surface area contributed by atoms with Crippen molar-refractivity contribution in [2.24, 2.45) is 0 Å². The maximum Gasteiger partial charge on any atom is 0.227 e. The zero-order valence-corrected chi connectivity index (χ0v) is 13.8. The average Bonchev–Trinajstić information content (AvgIpc) is 2.73. The van der Waals surface area contributed by atoms with E-state index in [0.29, 0.717) is 19.4 Å². The summed E-state index contributed by atoms with van der Waals surface area (Å²) in [6, 6.07) is 7.43. The third-order valence-electron chi connectivity index (χ3n) is 3.61. The van der Waals surface area contributed by atoms with Crippen molar-refractivity contribution in [1.29, 1.82) is 0 Å². The largest absolute Gasteiger partial charge is 0.339 e. The van der Waals surface area contributed by atoms with Gasteiger partial charge in [-0.25, -0.2) is 8.42 Å². The highest BCUT2D eigenvalue weighted by molar-refractivity contribution is 9.10. The number of hydrogen-bond acceptors (Lipinski definition) is 3. The van der Waals surface area contributed by atoms with Crippen LogP contribution in [0.5, 0.6) is 0 Å². The molecule has 0 N–H and O–H groups in total. The van der Waals surface area contributed by atoms with Crippen molar-refractivity contribution in [2.45, 2.75) is 25.8 Å². The number of amides is 1. The first-order chi connectivity index (χ1) is 9.43. The normalized spacial score (nSPS) is 20.8. The Hall–Kier alpha value is -0.880. The number of likely N-dealkylation sites (N-methyl/N-ethyl adjacent to an activating group) is 1. The van der Waals surface area contributed by atoms with Crippen LogP contribution in [-0.2, 0) is 21.1 Å². The summed E-state index contributed by atoms with van der Waals surface area (Å²) in [5.41, 5.74) is 0.928. The van der Waals surface area contributed by atoms with E-state index in [4.69, 9.17) is 0 Å². The molecule has 2 rings (SSSR count). The molecule has 0 spiro atoms. The van der Waals surface area contributed by atoms with E-state index in [2.05, 4.69) is 15.9 Å². The average molecular weight is 360 g/mol. The van der Waals surface area contributed by atoms with Gasteiger partial charge in [-0.2, -0.15) is 0 Å². The molecule has 1 atom stereocenters. The molecule has 1 unspecified atom stereocenters. The molecule has 0 aromatic heterocycles. The Balaban J connectivity index is 2.09. The summed E-state index contributed by atoms with van der Waals surface area (Å²) in [5, 5.41) is 0. The van der Waals surface area contributed by atoms with E-state index in [-0.39, 0.29) is 23.5 Å². The fourth-order valence-corrected chi connectivity index (χ4v) is 4.72. The smallest absolute Gasteiger partial charge is 0.227 e. The first-order valence-corrected chi connectivity index (χ1v) is 9.27. The second-order valence-electron chi connectivity index (χ2n) is 5.00. The molecule has 1 fully saturated rings. The number of carbonyl (C=O) groups is 1. The van der Waals surface area contributed by atoms with E-state index in [1.165, 1.54) is 0 Å². The lowest BCUT2D eigenvalue weighted by Crippen LogP contribution is -2.41. The van der Waals surface area contributed by atoms with E-state index >= 15 is 0 Å². The molecule has 0 saturated carbocycles. The van der Waals surface area contributed by atoms with Crippen molar-refractivity contribution < 1.29 is 13.2 Å². The number of rotatable bonds is 4. The Bertz CT molecular complexity index is 600. The summed E-state index contributed by atoms with van der Waals surface area (Å²) >= 11 is 3.43. The van der Waals surface area contributed by atoms with E-state index in [9.17, 15) is 13.2 Å². The molecule has 0 aliphatic carbocycles. The predicted molar refractivity (Wildman–Crippen MR) is 82.3 cm³/mol. The van der Waals surface area contributed by atoms with Gasteiger partial charge in [-0.15, -0.1) is 0 Å². The van der Waals surface area contributed by atoms with Gasteiger partial charge in [-0.1, -0.05) is 34.1 Å². The molecule has 0 radical (unpaired) electrons. The van der Waals surface area contributed by atoms with Crippen molar-refractivity contribution in [3.8, 4) is 0 Å². The topological polar surface area (TPSA) is 54.5 Å². The minimum absolute atomic E-state index is 0.0125. The van der Waals surface area contributed by atoms with Crippen LogP contribution in [0.15, 0.2) is 28.7 Å². The first kappa shape index (κ1) is 15.5. The number of halogens is 1. The lowest BCUT2D eigenvalue weighted by atomic mass is 10.1. The monoisotopic (exact) mass is 359 g/mol. The second kappa shape index (κ2) is 6.26. The van der Waals surface area contributed by atoms with Gasteiger partial charge in [0.2, 0.25) is 5.91 Å². The van der Waals surface area contributed by atoms with Crippen molar-refractivity contribution in [3.63, 3.8) is 0 Å². The van der Waals surface area contributed by atoms with Gasteiger partial charge in [0.25, 0.3) is 0 Å². The quantitative estimate of drug-likeness (QED) is 0.826. The predicted octanol–water partition coefficient (Wildman–Crippen LogP) is 2.03. The second-order valence-corrected chi connectivity index (χ2v) is 8.09. The fourth-order valence-electron chi connectivity index (χ4n) is 2.57. The van der Waals surface area contributed by atoms with Crippen LogP contribution in [-0.4, -0.2) is 43.3 Å². The Morgan fingerprint density at radius 2 is 2.10 bits per heavy atom. The van der Waals surface area contributed by atoms with Crippen molar-refractivity contribution >= 4 is 31.7 Å². The van der Waals surface area contributed by atoms with Crippen molar-refractivity contribution in [2.75, 3.05) is 18.1 Å². The Morgan fingerprint density at radius 1 is 1.40 bits per heavy atom. The molecule has 1 amide bonds. The van der Waals surface area contributed by atoms with E-state index < -0.39 is 9.84 Å². The van der Waals surface area contributed by atoms with Gasteiger partial charge in [0.05, 0.1) is 17.9 Å². The number of nitrogens with zero attached hydrogens (tertiary/aromatic N) is 1. The van der Waals surface area contributed by atoms with Gasteiger partial charge in [0.1, 0.15) is 0 Å². The van der Waals surface area contributed by atoms with Gasteiger partial charge >= 0.3 is 0 Å². The third kappa shape index (κ3) is 3.61. The lowest BCUT2D eigenvalue weighted by Gasteiger charge is -2.27. The van der Waals surface area contributed by atoms with Crippen LogP contribution in [0, 0.1) is 0 Å². The van der Waals surface area contributed by atoms with E-state index in [1.807, 2.05) is 31.2 Å². The zero-order valence-electron chi connectivity index (χ0n) is 11.4. The van der Waals surface area contributed by atoms with Crippen LogP contribution in [0.2, 0.25) is 0 Å². The highest BCUT2D eigenvalue weighted by atomic mass is 79.9. The van der Waals surface area contributed by atoms with Gasteiger partial charge in [-0.05, 0) is 25.0 Å². The number of benzene rings is 1. The molecular weight excluding hydrogens is 342 g/mol. The van der Waals surface area contributed by atoms with Crippen molar-refractivity contribution in [1.82, 2.24) is 4.90 Å². The van der Waals surface area contributed by atoms with Crippen LogP contribution < -0.4 is 0 Å². The summed E-state index contributed by atoms with van der Waals surface area (Å²) in [6.07, 6.45) is 0.851. The van der Waals surface area contributed by atoms with Crippen LogP contribution in [0.4, 0.5) is 0 Å². The highest BCUT2D eigenvalue weighted by Gasteiger charge is 2.33. The molecule has 4 nitrogen and oxygen atoms in total. The van der Waals surface area contributed by atoms with Crippen LogP contribution in [0.1, 0.15) is 18.9 Å². The Kier molecular flexibility index (Phi) is 4.86. The van der Waals surface area contributed by atoms with Crippen LogP contribution >= 0.6 is 15.9 Å². The molecule has 1 aromatic rings. The number of sulfone groups is 1. The first-order valence-electron chi connectivity index (χ1n) is 6.66. The number of hydrogen-bond donors (Lipinski definition) is 0. The SMILES string of the molecule is CCN(C(=O)Cc1ccccc1Br)C1CCS(=O)(=O)C1. The number of carbonyl (C=O) groups excluding carboxylic acids is 1. The van der Waals surface area contributed by atoms with Crippen molar-refractivity contribution in [3.05, 3.63) is 34.3 Å². The maximum absolute atomic E-state index is 12.4. The maximum atomic E-state index is 12.4. The molecular formula is C14H18BrNO3S. The van der Waals surface area contributed by atoms with Gasteiger partial charge in [-0.3, -0.25) is 4.79 Å². The Morgan fingerprint density at radius 3 is 2.65 bits per heavy atom. The minimum atomic E-state index is -2.97. The zero-order chi connectivity index (χ0) is 14.8. The lowest BCUT2D eigenvalue weighted by molar-refractivity contribution is -0.132. The molecule has 6 heteroatoms. The minimum Gasteiger partial charge on any atom is -0.339 e. The molecule has 0 bridgehead atoms. The summed E-state index contributed by atoms with van der Waals surface area (Å²) in [5.74, 6) is 0.278. The van der Waals surface area contributed by atoms with Crippen LogP contribution in [0.25, 0.3) is 0 Å². The fraction of sp³-hybridized carbons (Fsp3) is 0.500. The molecule has 1 aliphatic rings. The van der Waals surface area contributed by atoms with Gasteiger partial charge < -0.3 is 4.90 Å². The van der Waals surface area contributed by atoms with Gasteiger partial charge in [0, 0.05) is 17.1 Å². The van der Waals surface area contributed by atoms with E-state index in [1.54, 1.807) is 4.90 Å². The molecule has 1 heterocycles. The summed E-state index contributed by atoms with van der Waals surface area (Å²) < 4.78 is 24.0. The Labute approximate surface area is 128 Å². The third-order valence-corrected chi connectivity index (χ3v) is 6.13. The molecule has 1 aliphatic heterocycles. The van der Waals surface area contributed by atoms with Gasteiger partial charge in [0.15, 0.2) is 9.84 Å². The standard InChI is InChI=1S/C14H18BrNO3S/c1-2-16(12-7-8-20(18,19)10-12)14(17)9-11-5-3-4-6-13(11)15/h3-6,12H,2,7-10H2,1H3. The highest BCUT2D eigenvalue weighted by Crippen LogP contribution is 2.21. The molecule has 1 saturated heterocycles. The van der Waals surface area contributed by atoms with Crippen LogP contribution in [0.3, 0.4) is 0 Å². The summed E-state index contributed by atoms with van der Waals surface area (Å²) in [7, 11) is -2.97. The summed E-state index contributed by atoms with van der Waals surface area (Å²) in [6.45, 7) is 2.44. The molecule has 20 heavy (non-hydrogen) atoms.